The average Bonchev–Trinajstić information content (AvgIpc) is 2.93. The van der Waals surface area contributed by atoms with Gasteiger partial charge in [0.05, 0.1) is 16.6 Å². The molecule has 0 unspecified atom stereocenters. The van der Waals surface area contributed by atoms with Crippen molar-refractivity contribution in [2.24, 2.45) is 5.11 Å². The van der Waals surface area contributed by atoms with Crippen LogP contribution >= 0.6 is 0 Å². The molecule has 1 aliphatic rings. The third-order valence-corrected chi connectivity index (χ3v) is 3.35. The van der Waals surface area contributed by atoms with Gasteiger partial charge in [-0.2, -0.15) is 0 Å². The molecule has 0 saturated carbocycles. The number of fused-ring (bicyclic) bond motifs is 2. The highest BCUT2D eigenvalue weighted by Crippen LogP contribution is 2.45. The van der Waals surface area contributed by atoms with Crippen LogP contribution in [0.15, 0.2) is 22.2 Å². The monoisotopic (exact) mass is 288 g/mol. The highest BCUT2D eigenvalue weighted by Gasteiger charge is 2.24. The summed E-state index contributed by atoms with van der Waals surface area (Å²) >= 11 is 0. The molecule has 0 fully saturated rings. The summed E-state index contributed by atoms with van der Waals surface area (Å²) in [6, 6.07) is 1.57. The van der Waals surface area contributed by atoms with E-state index in [0.29, 0.717) is 17.8 Å². The molecule has 108 valence electrons. The smallest absolute Gasteiger partial charge is 0.341 e. The van der Waals surface area contributed by atoms with E-state index >= 15 is 0 Å². The molecule has 0 amide bonds. The number of nitrogens with zero attached hydrogens (tertiary/aromatic N) is 3. The molecule has 3 rings (SSSR count). The van der Waals surface area contributed by atoms with Gasteiger partial charge in [-0.05, 0) is 6.92 Å². The fourth-order valence-corrected chi connectivity index (χ4v) is 2.39. The number of pyridine rings is 1. The summed E-state index contributed by atoms with van der Waals surface area (Å²) in [6.45, 7) is 2.18. The van der Waals surface area contributed by atoms with Crippen LogP contribution in [0.2, 0.25) is 0 Å². The van der Waals surface area contributed by atoms with E-state index in [-0.39, 0.29) is 23.6 Å². The molecule has 0 radical (unpaired) electrons. The first-order chi connectivity index (χ1) is 10.1. The van der Waals surface area contributed by atoms with Gasteiger partial charge in [-0.25, -0.2) is 4.79 Å². The number of rotatable bonds is 3. The van der Waals surface area contributed by atoms with Crippen LogP contribution in [0.1, 0.15) is 17.3 Å². The van der Waals surface area contributed by atoms with Crippen LogP contribution in [-0.4, -0.2) is 22.4 Å². The molecular weight excluding hydrogens is 278 g/mol. The zero-order valence-corrected chi connectivity index (χ0v) is 11.0. The van der Waals surface area contributed by atoms with Crippen LogP contribution in [0, 0.1) is 0 Å². The molecule has 0 bridgehead atoms. The second-order valence-corrected chi connectivity index (χ2v) is 4.42. The Morgan fingerprint density at radius 3 is 2.90 bits per heavy atom. The van der Waals surface area contributed by atoms with E-state index in [1.54, 1.807) is 17.6 Å². The molecule has 2 aromatic rings. The number of hydrogen-bond donors (Lipinski definition) is 1. The van der Waals surface area contributed by atoms with E-state index in [1.807, 2.05) is 0 Å². The van der Waals surface area contributed by atoms with Crippen LogP contribution in [0.5, 0.6) is 11.5 Å². The molecule has 2 heterocycles. The van der Waals surface area contributed by atoms with Gasteiger partial charge in [0.15, 0.2) is 11.5 Å². The SMILES string of the molecule is CCn1cc(C(=O)O)c(=O)c2c(N=[N-])c3c(cc21)OCO3. The molecule has 1 aromatic heterocycles. The lowest BCUT2D eigenvalue weighted by Gasteiger charge is -2.14. The van der Waals surface area contributed by atoms with Gasteiger partial charge in [0, 0.05) is 18.8 Å². The summed E-state index contributed by atoms with van der Waals surface area (Å²) < 4.78 is 12.0. The fourth-order valence-electron chi connectivity index (χ4n) is 2.39. The second-order valence-electron chi connectivity index (χ2n) is 4.42. The van der Waals surface area contributed by atoms with Crippen molar-refractivity contribution in [3.8, 4) is 11.5 Å². The lowest BCUT2D eigenvalue weighted by atomic mass is 10.1. The molecule has 8 nitrogen and oxygen atoms in total. The van der Waals surface area contributed by atoms with Crippen LogP contribution in [-0.2, 0) is 6.54 Å². The Kier molecular flexibility index (Phi) is 2.86. The highest BCUT2D eigenvalue weighted by atomic mass is 16.7. The van der Waals surface area contributed by atoms with Crippen molar-refractivity contribution < 1.29 is 19.4 Å². The van der Waals surface area contributed by atoms with Crippen molar-refractivity contribution >= 4 is 22.6 Å². The number of benzene rings is 1. The van der Waals surface area contributed by atoms with E-state index in [4.69, 9.17) is 14.6 Å². The molecule has 1 aromatic carbocycles. The van der Waals surface area contributed by atoms with Gasteiger partial charge in [0.1, 0.15) is 5.56 Å². The van der Waals surface area contributed by atoms with E-state index in [0.717, 1.165) is 0 Å². The molecule has 1 N–H and O–H groups in total. The first-order valence-corrected chi connectivity index (χ1v) is 6.16. The van der Waals surface area contributed by atoms with E-state index in [1.165, 1.54) is 6.20 Å². The summed E-state index contributed by atoms with van der Waals surface area (Å²) in [6.07, 6.45) is 1.26. The molecular formula is C13H10N3O5-. The summed E-state index contributed by atoms with van der Waals surface area (Å²) in [7, 11) is 0. The number of carboxylic acid groups (broad SMARTS) is 1. The van der Waals surface area contributed by atoms with Crippen LogP contribution < -0.4 is 14.9 Å². The molecule has 0 saturated heterocycles. The highest BCUT2D eigenvalue weighted by molar-refractivity contribution is 6.00. The third kappa shape index (κ3) is 1.76. The Balaban J connectivity index is 2.55. The Morgan fingerprint density at radius 1 is 1.52 bits per heavy atom. The van der Waals surface area contributed by atoms with Crippen molar-refractivity contribution in [2.45, 2.75) is 13.5 Å². The number of aromatic nitrogens is 1. The quantitative estimate of drug-likeness (QED) is 0.869. The average molecular weight is 288 g/mol. The second kappa shape index (κ2) is 4.58. The number of hydrogen-bond acceptors (Lipinski definition) is 5. The number of aryl methyl sites for hydroxylation is 1. The van der Waals surface area contributed by atoms with Crippen molar-refractivity contribution in [3.63, 3.8) is 0 Å². The third-order valence-electron chi connectivity index (χ3n) is 3.35. The molecule has 8 heteroatoms. The minimum atomic E-state index is -1.34. The predicted octanol–water partition coefficient (Wildman–Crippen LogP) is 2.10. The minimum Gasteiger partial charge on any atom is -0.706 e. The zero-order chi connectivity index (χ0) is 15.1. The number of ether oxygens (including phenoxy) is 2. The van der Waals surface area contributed by atoms with E-state index in [2.05, 4.69) is 5.11 Å². The maximum absolute atomic E-state index is 12.4. The first-order valence-electron chi connectivity index (χ1n) is 6.16. The summed E-state index contributed by atoms with van der Waals surface area (Å²) in [5.74, 6) is -0.863. The van der Waals surface area contributed by atoms with Gasteiger partial charge in [-0.1, -0.05) is 0 Å². The van der Waals surface area contributed by atoms with Gasteiger partial charge in [0.25, 0.3) is 0 Å². The van der Waals surface area contributed by atoms with Crippen LogP contribution in [0.25, 0.3) is 16.4 Å². The summed E-state index contributed by atoms with van der Waals surface area (Å²) in [5, 5.41) is 12.2. The topological polar surface area (TPSA) is 112 Å². The molecule has 0 spiro atoms. The maximum Gasteiger partial charge on any atom is 0.341 e. The number of carbonyl (C=O) groups is 1. The zero-order valence-electron chi connectivity index (χ0n) is 11.0. The summed E-state index contributed by atoms with van der Waals surface area (Å²) in [5.41, 5.74) is 8.39. The fraction of sp³-hybridized carbons (Fsp3) is 0.231. The first kappa shape index (κ1) is 13.1. The van der Waals surface area contributed by atoms with E-state index in [9.17, 15) is 15.1 Å². The van der Waals surface area contributed by atoms with Gasteiger partial charge >= 0.3 is 5.97 Å². The van der Waals surface area contributed by atoms with Crippen molar-refractivity contribution in [1.82, 2.24) is 4.57 Å². The van der Waals surface area contributed by atoms with E-state index < -0.39 is 17.0 Å². The molecule has 0 atom stereocenters. The van der Waals surface area contributed by atoms with Gasteiger partial charge < -0.3 is 29.8 Å². The van der Waals surface area contributed by atoms with Gasteiger partial charge in [-0.15, -0.1) is 0 Å². The molecule has 0 aliphatic carbocycles. The Labute approximate surface area is 118 Å². The van der Waals surface area contributed by atoms with Crippen molar-refractivity contribution in [3.05, 3.63) is 33.6 Å². The minimum absolute atomic E-state index is 0.0106. The summed E-state index contributed by atoms with van der Waals surface area (Å²) in [4.78, 5) is 23.6. The van der Waals surface area contributed by atoms with Crippen molar-refractivity contribution in [2.75, 3.05) is 6.79 Å². The van der Waals surface area contributed by atoms with Crippen LogP contribution in [0.4, 0.5) is 5.69 Å². The Bertz CT molecular complexity index is 840. The predicted molar refractivity (Wildman–Crippen MR) is 72.4 cm³/mol. The molecule has 1 aliphatic heterocycles. The van der Waals surface area contributed by atoms with Gasteiger partial charge in [0.2, 0.25) is 12.2 Å². The number of aromatic carboxylic acids is 1. The lowest BCUT2D eigenvalue weighted by Crippen LogP contribution is -2.18. The Morgan fingerprint density at radius 2 is 2.29 bits per heavy atom. The maximum atomic E-state index is 12.4. The number of carboxylic acids is 1. The van der Waals surface area contributed by atoms with Crippen molar-refractivity contribution in [1.29, 1.82) is 0 Å². The largest absolute Gasteiger partial charge is 0.706 e. The normalized spacial score (nSPS) is 12.6. The van der Waals surface area contributed by atoms with Gasteiger partial charge in [-0.3, -0.25) is 4.79 Å². The van der Waals surface area contributed by atoms with Crippen LogP contribution in [0.3, 0.4) is 0 Å². The molecule has 21 heavy (non-hydrogen) atoms. The standard InChI is InChI=1S/C13H10N3O5/c1-2-16-4-6(13(18)19)11(17)9-7(16)3-8-12(10(9)15-14)21-5-20-8/h3-4H,2,5H2,1H3,(H,18,19)/q-1. The lowest BCUT2D eigenvalue weighted by molar-refractivity contribution is 0.0695. The Hall–Kier alpha value is -2.90.